The molecule has 0 aromatic carbocycles. The van der Waals surface area contributed by atoms with Gasteiger partial charge in [-0.25, -0.2) is 14.3 Å². The molecule has 0 atom stereocenters. The minimum absolute atomic E-state index is 0.0257. The Labute approximate surface area is 172 Å². The largest absolute Gasteiger partial charge is 0.349 e. The Balaban J connectivity index is 1.45. The third kappa shape index (κ3) is 4.00. The zero-order valence-corrected chi connectivity index (χ0v) is 17.6. The van der Waals surface area contributed by atoms with Crippen molar-refractivity contribution in [2.75, 3.05) is 0 Å². The number of hydrogen-bond acceptors (Lipinski definition) is 6. The van der Waals surface area contributed by atoms with Crippen LogP contribution in [0.4, 0.5) is 0 Å². The van der Waals surface area contributed by atoms with E-state index in [1.807, 2.05) is 26.8 Å². The van der Waals surface area contributed by atoms with E-state index >= 15 is 0 Å². The summed E-state index contributed by atoms with van der Waals surface area (Å²) in [6.45, 7) is 5.74. The summed E-state index contributed by atoms with van der Waals surface area (Å²) in [6.07, 6.45) is 3.21. The van der Waals surface area contributed by atoms with E-state index in [9.17, 15) is 9.59 Å². The van der Waals surface area contributed by atoms with Crippen LogP contribution in [-0.2, 0) is 0 Å². The van der Waals surface area contributed by atoms with Crippen molar-refractivity contribution in [1.29, 1.82) is 0 Å². The van der Waals surface area contributed by atoms with Crippen LogP contribution in [0, 0.1) is 20.8 Å². The molecule has 3 aromatic heterocycles. The molecule has 8 nitrogen and oxygen atoms in total. The van der Waals surface area contributed by atoms with Crippen molar-refractivity contribution < 1.29 is 4.79 Å². The predicted octanol–water partition coefficient (Wildman–Crippen LogP) is 2.72. The molecule has 4 rings (SSSR count). The van der Waals surface area contributed by atoms with Crippen molar-refractivity contribution in [2.24, 2.45) is 0 Å². The van der Waals surface area contributed by atoms with Gasteiger partial charge in [0.2, 0.25) is 0 Å². The molecule has 1 fully saturated rings. The number of rotatable bonds is 4. The first-order chi connectivity index (χ1) is 13.9. The minimum Gasteiger partial charge on any atom is -0.349 e. The second-order valence-corrected chi connectivity index (χ2v) is 8.41. The van der Waals surface area contributed by atoms with Crippen molar-refractivity contribution >= 4 is 17.2 Å². The second kappa shape index (κ2) is 7.90. The van der Waals surface area contributed by atoms with Gasteiger partial charge in [0.1, 0.15) is 4.88 Å². The van der Waals surface area contributed by atoms with Crippen LogP contribution >= 0.6 is 11.3 Å². The molecule has 1 N–H and O–H groups in total. The Bertz CT molecular complexity index is 1090. The van der Waals surface area contributed by atoms with Gasteiger partial charge in [-0.1, -0.05) is 0 Å². The van der Waals surface area contributed by atoms with Gasteiger partial charge in [0.15, 0.2) is 5.82 Å². The van der Waals surface area contributed by atoms with E-state index in [0.717, 1.165) is 42.8 Å². The summed E-state index contributed by atoms with van der Waals surface area (Å²) in [5.41, 5.74) is 4.23. The molecule has 0 spiro atoms. The fourth-order valence-electron chi connectivity index (χ4n) is 3.89. The maximum atomic E-state index is 12.4. The number of aryl methyl sites for hydroxylation is 3. The molecule has 9 heteroatoms. The van der Waals surface area contributed by atoms with Crippen molar-refractivity contribution in [2.45, 2.75) is 58.5 Å². The molecule has 0 aliphatic heterocycles. The lowest BCUT2D eigenvalue weighted by Crippen LogP contribution is -2.39. The third-order valence-corrected chi connectivity index (χ3v) is 6.29. The number of thiazole rings is 1. The number of aromatic nitrogens is 5. The third-order valence-electron chi connectivity index (χ3n) is 5.37. The van der Waals surface area contributed by atoms with Crippen LogP contribution in [0.1, 0.15) is 58.5 Å². The van der Waals surface area contributed by atoms with Crippen molar-refractivity contribution in [1.82, 2.24) is 29.9 Å². The topological polar surface area (TPSA) is 94.7 Å². The SMILES string of the molecule is Cc1cc(C)n(-c2ccc(=O)n(C3CCC(NC(=O)c4scnc4C)CC3)n2)n1. The average molecular weight is 413 g/mol. The van der Waals surface area contributed by atoms with E-state index in [4.69, 9.17) is 0 Å². The number of carbonyl (C=O) groups excluding carboxylic acids is 1. The van der Waals surface area contributed by atoms with Gasteiger partial charge in [0.05, 0.1) is 22.9 Å². The van der Waals surface area contributed by atoms with E-state index in [2.05, 4.69) is 20.5 Å². The van der Waals surface area contributed by atoms with Gasteiger partial charge in [-0.3, -0.25) is 9.59 Å². The lowest BCUT2D eigenvalue weighted by atomic mass is 9.91. The van der Waals surface area contributed by atoms with Crippen LogP contribution in [0.2, 0.25) is 0 Å². The summed E-state index contributed by atoms with van der Waals surface area (Å²) in [4.78, 5) is 29.7. The van der Waals surface area contributed by atoms with E-state index in [1.165, 1.54) is 11.3 Å². The number of hydrogen-bond donors (Lipinski definition) is 1. The molecule has 0 unspecified atom stereocenters. The molecule has 152 valence electrons. The number of amides is 1. The van der Waals surface area contributed by atoms with Gasteiger partial charge in [-0.15, -0.1) is 16.4 Å². The fraction of sp³-hybridized carbons (Fsp3) is 0.450. The maximum Gasteiger partial charge on any atom is 0.267 e. The number of nitrogens with one attached hydrogen (secondary N) is 1. The monoisotopic (exact) mass is 412 g/mol. The van der Waals surface area contributed by atoms with Crippen LogP contribution < -0.4 is 10.9 Å². The summed E-state index contributed by atoms with van der Waals surface area (Å²) in [5, 5.41) is 12.2. The molecule has 1 saturated carbocycles. The predicted molar refractivity (Wildman–Crippen MR) is 111 cm³/mol. The van der Waals surface area contributed by atoms with Crippen LogP contribution in [0.3, 0.4) is 0 Å². The zero-order valence-electron chi connectivity index (χ0n) is 16.8. The van der Waals surface area contributed by atoms with Crippen LogP contribution in [0.25, 0.3) is 5.82 Å². The quantitative estimate of drug-likeness (QED) is 0.711. The maximum absolute atomic E-state index is 12.4. The lowest BCUT2D eigenvalue weighted by Gasteiger charge is -2.29. The Morgan fingerprint density at radius 3 is 2.52 bits per heavy atom. The molecular weight excluding hydrogens is 388 g/mol. The first-order valence-electron chi connectivity index (χ1n) is 9.77. The molecule has 3 aromatic rings. The zero-order chi connectivity index (χ0) is 20.5. The first kappa shape index (κ1) is 19.5. The van der Waals surface area contributed by atoms with Gasteiger partial charge < -0.3 is 5.32 Å². The Morgan fingerprint density at radius 2 is 1.90 bits per heavy atom. The highest BCUT2D eigenvalue weighted by atomic mass is 32.1. The average Bonchev–Trinajstić information content (AvgIpc) is 3.27. The molecule has 1 aliphatic rings. The highest BCUT2D eigenvalue weighted by molar-refractivity contribution is 7.11. The van der Waals surface area contributed by atoms with Gasteiger partial charge >= 0.3 is 0 Å². The van der Waals surface area contributed by atoms with Crippen LogP contribution in [-0.4, -0.2) is 36.5 Å². The standard InChI is InChI=1S/C20H24N6O2S/c1-12-10-13(2)25(23-12)17-8-9-18(27)26(24-17)16-6-4-15(5-7-16)22-20(28)19-14(3)21-11-29-19/h8-11,15-16H,4-7H2,1-3H3,(H,22,28). The Kier molecular flexibility index (Phi) is 5.31. The van der Waals surface area contributed by atoms with Crippen molar-refractivity contribution in [3.63, 3.8) is 0 Å². The summed E-state index contributed by atoms with van der Waals surface area (Å²) < 4.78 is 3.34. The molecule has 0 bridgehead atoms. The lowest BCUT2D eigenvalue weighted by molar-refractivity contribution is 0.0924. The van der Waals surface area contributed by atoms with Gasteiger partial charge in [-0.2, -0.15) is 5.10 Å². The van der Waals surface area contributed by atoms with Gasteiger partial charge in [0, 0.05) is 17.8 Å². The highest BCUT2D eigenvalue weighted by Gasteiger charge is 2.26. The number of carbonyl (C=O) groups is 1. The fourth-order valence-corrected chi connectivity index (χ4v) is 4.59. The summed E-state index contributed by atoms with van der Waals surface area (Å²) in [5.74, 6) is 0.585. The second-order valence-electron chi connectivity index (χ2n) is 7.56. The summed E-state index contributed by atoms with van der Waals surface area (Å²) >= 11 is 1.36. The van der Waals surface area contributed by atoms with Crippen molar-refractivity contribution in [3.8, 4) is 5.82 Å². The normalized spacial score (nSPS) is 19.3. The first-order valence-corrected chi connectivity index (χ1v) is 10.6. The highest BCUT2D eigenvalue weighted by Crippen LogP contribution is 2.27. The minimum atomic E-state index is -0.108. The smallest absolute Gasteiger partial charge is 0.267 e. The Morgan fingerprint density at radius 1 is 1.14 bits per heavy atom. The van der Waals surface area contributed by atoms with E-state index in [0.29, 0.717) is 10.7 Å². The van der Waals surface area contributed by atoms with Gasteiger partial charge in [-0.05, 0) is 58.6 Å². The molecule has 3 heterocycles. The van der Waals surface area contributed by atoms with Crippen LogP contribution in [0.15, 0.2) is 28.5 Å². The number of nitrogens with zero attached hydrogens (tertiary/aromatic N) is 5. The molecule has 1 aliphatic carbocycles. The van der Waals surface area contributed by atoms with Crippen molar-refractivity contribution in [3.05, 3.63) is 56.0 Å². The van der Waals surface area contributed by atoms with E-state index in [1.54, 1.807) is 27.0 Å². The molecule has 0 radical (unpaired) electrons. The van der Waals surface area contributed by atoms with E-state index < -0.39 is 0 Å². The molecule has 1 amide bonds. The van der Waals surface area contributed by atoms with Gasteiger partial charge in [0.25, 0.3) is 11.5 Å². The molecule has 29 heavy (non-hydrogen) atoms. The summed E-state index contributed by atoms with van der Waals surface area (Å²) in [6, 6.07) is 5.38. The van der Waals surface area contributed by atoms with E-state index in [-0.39, 0.29) is 23.6 Å². The summed E-state index contributed by atoms with van der Waals surface area (Å²) in [7, 11) is 0. The van der Waals surface area contributed by atoms with Crippen LogP contribution in [0.5, 0.6) is 0 Å². The molecular formula is C20H24N6O2S. The Hall–Kier alpha value is -2.81. The molecule has 0 saturated heterocycles.